The number of rotatable bonds is 2. The second-order valence-electron chi connectivity index (χ2n) is 5.58. The van der Waals surface area contributed by atoms with Gasteiger partial charge < -0.3 is 0 Å². The van der Waals surface area contributed by atoms with Crippen LogP contribution in [0.4, 0.5) is 0 Å². The molecule has 0 N–H and O–H groups in total. The van der Waals surface area contributed by atoms with Crippen molar-refractivity contribution in [3.8, 4) is 0 Å². The summed E-state index contributed by atoms with van der Waals surface area (Å²) in [6, 6.07) is 1.92. The zero-order chi connectivity index (χ0) is 14.3. The largest absolute Gasteiger partial charge is 0.289 e. The Labute approximate surface area is 122 Å². The summed E-state index contributed by atoms with van der Waals surface area (Å²) in [7, 11) is 0. The van der Waals surface area contributed by atoms with E-state index in [1.807, 2.05) is 11.5 Å². The van der Waals surface area contributed by atoms with E-state index in [4.69, 9.17) is 11.6 Å². The van der Waals surface area contributed by atoms with Crippen LogP contribution in [0.15, 0.2) is 17.1 Å². The lowest BCUT2D eigenvalue weighted by Crippen LogP contribution is -2.28. The number of aromatic nitrogens is 3. The van der Waals surface area contributed by atoms with Crippen molar-refractivity contribution in [2.24, 2.45) is 5.92 Å². The highest BCUT2D eigenvalue weighted by molar-refractivity contribution is 6.28. The Bertz CT molecular complexity index is 710. The number of nitrogens with zero attached hydrogens (tertiary/aromatic N) is 3. The Morgan fingerprint density at radius 2 is 2.25 bits per heavy atom. The van der Waals surface area contributed by atoms with Crippen LogP contribution in [-0.2, 0) is 0 Å². The molecule has 1 aliphatic rings. The van der Waals surface area contributed by atoms with E-state index in [0.717, 1.165) is 23.8 Å². The average molecular weight is 292 g/mol. The minimum atomic E-state index is 0.0233. The lowest BCUT2D eigenvalue weighted by Gasteiger charge is -2.22. The number of aryl methyl sites for hydroxylation is 1. The summed E-state index contributed by atoms with van der Waals surface area (Å²) in [5.74, 6) is 0.548. The molecule has 2 aromatic rings. The molecule has 0 radical (unpaired) electrons. The molecule has 106 valence electrons. The molecule has 2 aromatic heterocycles. The highest BCUT2D eigenvalue weighted by Gasteiger charge is 2.29. The van der Waals surface area contributed by atoms with Crippen LogP contribution in [-0.4, -0.2) is 14.5 Å². The zero-order valence-corrected chi connectivity index (χ0v) is 12.5. The third-order valence-electron chi connectivity index (χ3n) is 4.44. The second-order valence-corrected chi connectivity index (χ2v) is 5.92. The van der Waals surface area contributed by atoms with E-state index in [2.05, 4.69) is 16.9 Å². The first-order chi connectivity index (χ1) is 9.61. The van der Waals surface area contributed by atoms with E-state index in [1.165, 1.54) is 12.8 Å². The smallest absolute Gasteiger partial charge is 0.252 e. The fraction of sp³-hybridized carbons (Fsp3) is 0.533. The molecule has 1 aliphatic carbocycles. The molecule has 0 bridgehead atoms. The Morgan fingerprint density at radius 1 is 1.45 bits per heavy atom. The molecule has 0 aromatic carbocycles. The number of hydrogen-bond donors (Lipinski definition) is 0. The molecular weight excluding hydrogens is 274 g/mol. The summed E-state index contributed by atoms with van der Waals surface area (Å²) >= 11 is 5.93. The maximum absolute atomic E-state index is 12.5. The number of pyridine rings is 1. The quantitative estimate of drug-likeness (QED) is 0.796. The van der Waals surface area contributed by atoms with Crippen molar-refractivity contribution in [1.29, 1.82) is 0 Å². The third-order valence-corrected chi connectivity index (χ3v) is 4.63. The van der Waals surface area contributed by atoms with Gasteiger partial charge in [-0.2, -0.15) is 4.98 Å². The number of hydrogen-bond acceptors (Lipinski definition) is 3. The van der Waals surface area contributed by atoms with Crippen molar-refractivity contribution in [3.05, 3.63) is 33.5 Å². The Balaban J connectivity index is 2.29. The molecule has 2 atom stereocenters. The van der Waals surface area contributed by atoms with Gasteiger partial charge in [0.25, 0.3) is 5.56 Å². The lowest BCUT2D eigenvalue weighted by molar-refractivity contribution is 0.369. The van der Waals surface area contributed by atoms with Crippen molar-refractivity contribution >= 4 is 22.6 Å². The van der Waals surface area contributed by atoms with E-state index in [-0.39, 0.29) is 16.9 Å². The van der Waals surface area contributed by atoms with Gasteiger partial charge in [-0.05, 0) is 42.8 Å². The van der Waals surface area contributed by atoms with Crippen molar-refractivity contribution < 1.29 is 0 Å². The van der Waals surface area contributed by atoms with E-state index in [9.17, 15) is 4.79 Å². The molecule has 1 fully saturated rings. The molecule has 5 heteroatoms. The molecule has 20 heavy (non-hydrogen) atoms. The van der Waals surface area contributed by atoms with Gasteiger partial charge in [-0.3, -0.25) is 9.36 Å². The predicted molar refractivity (Wildman–Crippen MR) is 80.2 cm³/mol. The molecular formula is C15H18ClN3O. The molecule has 0 amide bonds. The average Bonchev–Trinajstić information content (AvgIpc) is 2.86. The van der Waals surface area contributed by atoms with Crippen LogP contribution in [0.2, 0.25) is 5.28 Å². The van der Waals surface area contributed by atoms with Gasteiger partial charge >= 0.3 is 0 Å². The first-order valence-electron chi connectivity index (χ1n) is 7.16. The Morgan fingerprint density at radius 3 is 3.00 bits per heavy atom. The summed E-state index contributed by atoms with van der Waals surface area (Å²) in [6.07, 6.45) is 6.20. The molecule has 1 saturated carbocycles. The van der Waals surface area contributed by atoms with E-state index < -0.39 is 0 Å². The van der Waals surface area contributed by atoms with Crippen LogP contribution < -0.4 is 5.56 Å². The summed E-state index contributed by atoms with van der Waals surface area (Å²) in [5, 5.41) is 1.11. The fourth-order valence-corrected chi connectivity index (χ4v) is 3.53. The number of fused-ring (bicyclic) bond motifs is 1. The molecule has 0 unspecified atom stereocenters. The van der Waals surface area contributed by atoms with Gasteiger partial charge in [-0.15, -0.1) is 0 Å². The lowest BCUT2D eigenvalue weighted by atomic mass is 10.00. The van der Waals surface area contributed by atoms with Crippen LogP contribution in [0.25, 0.3) is 11.0 Å². The van der Waals surface area contributed by atoms with Crippen molar-refractivity contribution in [1.82, 2.24) is 14.5 Å². The maximum Gasteiger partial charge on any atom is 0.252 e. The zero-order valence-electron chi connectivity index (χ0n) is 11.8. The van der Waals surface area contributed by atoms with Crippen molar-refractivity contribution in [2.75, 3.05) is 0 Å². The van der Waals surface area contributed by atoms with Crippen LogP contribution in [0.3, 0.4) is 0 Å². The summed E-state index contributed by atoms with van der Waals surface area (Å²) in [5.41, 5.74) is 1.61. The van der Waals surface area contributed by atoms with Crippen LogP contribution in [0.1, 0.15) is 44.2 Å². The monoisotopic (exact) mass is 291 g/mol. The van der Waals surface area contributed by atoms with Gasteiger partial charge in [0.05, 0.1) is 0 Å². The maximum atomic E-state index is 12.5. The first kappa shape index (κ1) is 13.6. The summed E-state index contributed by atoms with van der Waals surface area (Å²) in [6.45, 7) is 4.10. The molecule has 0 aliphatic heterocycles. The summed E-state index contributed by atoms with van der Waals surface area (Å²) in [4.78, 5) is 20.8. The van der Waals surface area contributed by atoms with Crippen molar-refractivity contribution in [3.63, 3.8) is 0 Å². The SMILES string of the molecule is CC[C@H]1CCC[C@H]1n1c(=O)cc(C)c2cnc(Cl)nc21. The minimum Gasteiger partial charge on any atom is -0.289 e. The second kappa shape index (κ2) is 5.17. The normalized spacial score (nSPS) is 22.6. The van der Waals surface area contributed by atoms with E-state index in [0.29, 0.717) is 11.6 Å². The van der Waals surface area contributed by atoms with Gasteiger partial charge in [0.15, 0.2) is 0 Å². The van der Waals surface area contributed by atoms with Crippen LogP contribution in [0, 0.1) is 12.8 Å². The molecule has 0 saturated heterocycles. The first-order valence-corrected chi connectivity index (χ1v) is 7.54. The van der Waals surface area contributed by atoms with Gasteiger partial charge in [0.2, 0.25) is 5.28 Å². The predicted octanol–water partition coefficient (Wildman–Crippen LogP) is 3.50. The third kappa shape index (κ3) is 2.12. The standard InChI is InChI=1S/C15H18ClN3O/c1-3-10-5-4-6-12(10)19-13(20)7-9(2)11-8-17-15(16)18-14(11)19/h7-8,10,12H,3-6H2,1-2H3/t10-,12+/m0/s1. The van der Waals surface area contributed by atoms with E-state index in [1.54, 1.807) is 12.3 Å². The Hall–Kier alpha value is -1.42. The van der Waals surface area contributed by atoms with Crippen molar-refractivity contribution in [2.45, 2.75) is 45.6 Å². The molecule has 3 rings (SSSR count). The van der Waals surface area contributed by atoms with Gasteiger partial charge in [-0.25, -0.2) is 4.98 Å². The van der Waals surface area contributed by atoms with Crippen LogP contribution >= 0.6 is 11.6 Å². The van der Waals surface area contributed by atoms with E-state index >= 15 is 0 Å². The van der Waals surface area contributed by atoms with Gasteiger partial charge in [0.1, 0.15) is 5.65 Å². The van der Waals surface area contributed by atoms with Gasteiger partial charge in [-0.1, -0.05) is 19.8 Å². The minimum absolute atomic E-state index is 0.0233. The summed E-state index contributed by atoms with van der Waals surface area (Å²) < 4.78 is 1.84. The molecule has 0 spiro atoms. The highest BCUT2D eigenvalue weighted by atomic mass is 35.5. The van der Waals surface area contributed by atoms with Gasteiger partial charge in [0, 0.05) is 23.7 Å². The topological polar surface area (TPSA) is 47.8 Å². The molecule has 4 nitrogen and oxygen atoms in total. The fourth-order valence-electron chi connectivity index (χ4n) is 3.40. The molecule has 2 heterocycles. The Kier molecular flexibility index (Phi) is 3.50. The highest BCUT2D eigenvalue weighted by Crippen LogP contribution is 2.38. The number of halogens is 1. The van der Waals surface area contributed by atoms with Crippen LogP contribution in [0.5, 0.6) is 0 Å².